The lowest BCUT2D eigenvalue weighted by Gasteiger charge is -2.36. The number of alkyl halides is 3. The number of ether oxygens (including phenoxy) is 1. The van der Waals surface area contributed by atoms with Gasteiger partial charge in [-0.25, -0.2) is 4.39 Å². The quantitative estimate of drug-likeness (QED) is 0.810. The number of halogens is 6. The van der Waals surface area contributed by atoms with Gasteiger partial charge in [-0.1, -0.05) is 6.07 Å². The van der Waals surface area contributed by atoms with Crippen molar-refractivity contribution in [1.29, 1.82) is 0 Å². The molecular formula is C14H20Cl2F4N2O. The molecule has 9 heteroatoms. The maximum Gasteiger partial charge on any atom is 0.390 e. The average molecular weight is 379 g/mol. The molecule has 134 valence electrons. The van der Waals surface area contributed by atoms with Gasteiger partial charge >= 0.3 is 6.18 Å². The summed E-state index contributed by atoms with van der Waals surface area (Å²) in [5.74, 6) is -0.509. The van der Waals surface area contributed by atoms with E-state index in [4.69, 9.17) is 4.74 Å². The van der Waals surface area contributed by atoms with Gasteiger partial charge in [-0.3, -0.25) is 4.90 Å². The van der Waals surface area contributed by atoms with E-state index < -0.39 is 24.5 Å². The van der Waals surface area contributed by atoms with Gasteiger partial charge in [0.15, 0.2) is 0 Å². The number of nitrogens with zero attached hydrogens (tertiary/aromatic N) is 1. The summed E-state index contributed by atoms with van der Waals surface area (Å²) in [5.41, 5.74) is -0.0146. The maximum atomic E-state index is 14.1. The van der Waals surface area contributed by atoms with Crippen molar-refractivity contribution in [3.8, 4) is 5.75 Å². The third kappa shape index (κ3) is 5.99. The largest absolute Gasteiger partial charge is 0.496 e. The lowest BCUT2D eigenvalue weighted by Crippen LogP contribution is -2.46. The van der Waals surface area contributed by atoms with Gasteiger partial charge in [0.05, 0.1) is 19.6 Å². The van der Waals surface area contributed by atoms with Gasteiger partial charge < -0.3 is 10.1 Å². The molecule has 0 bridgehead atoms. The molecule has 1 aromatic carbocycles. The molecule has 23 heavy (non-hydrogen) atoms. The number of rotatable bonds is 4. The number of piperazine rings is 1. The van der Waals surface area contributed by atoms with E-state index in [1.807, 2.05) is 0 Å². The topological polar surface area (TPSA) is 24.5 Å². The molecule has 3 nitrogen and oxygen atoms in total. The number of benzene rings is 1. The summed E-state index contributed by atoms with van der Waals surface area (Å²) in [4.78, 5) is 1.66. The van der Waals surface area contributed by atoms with Crippen molar-refractivity contribution in [3.05, 3.63) is 29.6 Å². The van der Waals surface area contributed by atoms with Crippen LogP contribution in [0.3, 0.4) is 0 Å². The number of hydrogen-bond acceptors (Lipinski definition) is 3. The lowest BCUT2D eigenvalue weighted by atomic mass is 9.99. The minimum Gasteiger partial charge on any atom is -0.496 e. The highest BCUT2D eigenvalue weighted by atomic mass is 35.5. The standard InChI is InChI=1S/C14H18F4N2O.2ClH/c1-21-12-4-2-3-10(15)13(12)11(9-14(16,17)18)20-7-5-19-6-8-20;;/h2-4,11,19H,5-9H2,1H3;2*1H/t11-;;/m0../s1. The molecule has 0 aromatic heterocycles. The second-order valence-corrected chi connectivity index (χ2v) is 4.98. The molecule has 0 saturated carbocycles. The van der Waals surface area contributed by atoms with Crippen molar-refractivity contribution in [1.82, 2.24) is 10.2 Å². The van der Waals surface area contributed by atoms with Crippen LogP contribution < -0.4 is 10.1 Å². The van der Waals surface area contributed by atoms with Crippen LogP contribution in [0.5, 0.6) is 5.75 Å². The van der Waals surface area contributed by atoms with E-state index in [9.17, 15) is 17.6 Å². The molecule has 1 heterocycles. The van der Waals surface area contributed by atoms with Crippen molar-refractivity contribution in [2.75, 3.05) is 33.3 Å². The van der Waals surface area contributed by atoms with E-state index in [1.54, 1.807) is 4.90 Å². The Balaban J connectivity index is 0.00000242. The molecule has 1 aromatic rings. The van der Waals surface area contributed by atoms with E-state index in [1.165, 1.54) is 25.3 Å². The van der Waals surface area contributed by atoms with Gasteiger partial charge in [0, 0.05) is 31.7 Å². The van der Waals surface area contributed by atoms with E-state index in [-0.39, 0.29) is 36.1 Å². The van der Waals surface area contributed by atoms with Crippen molar-refractivity contribution >= 4 is 24.8 Å². The Morgan fingerprint density at radius 3 is 2.35 bits per heavy atom. The molecule has 0 aliphatic carbocycles. The fourth-order valence-electron chi connectivity index (χ4n) is 2.65. The molecule has 1 saturated heterocycles. The fraction of sp³-hybridized carbons (Fsp3) is 0.571. The molecule has 0 spiro atoms. The lowest BCUT2D eigenvalue weighted by molar-refractivity contribution is -0.149. The zero-order valence-corrected chi connectivity index (χ0v) is 14.2. The Labute approximate surface area is 145 Å². The van der Waals surface area contributed by atoms with E-state index in [2.05, 4.69) is 5.32 Å². The van der Waals surface area contributed by atoms with Crippen LogP contribution in [0.25, 0.3) is 0 Å². The predicted octanol–water partition coefficient (Wildman–Crippen LogP) is 3.58. The third-order valence-corrected chi connectivity index (χ3v) is 3.58. The summed E-state index contributed by atoms with van der Waals surface area (Å²) in [5, 5.41) is 3.08. The van der Waals surface area contributed by atoms with E-state index >= 15 is 0 Å². The second kappa shape index (κ2) is 9.52. The Kier molecular flexibility index (Phi) is 9.20. The molecule has 1 fully saturated rings. The van der Waals surface area contributed by atoms with Gasteiger partial charge in [-0.2, -0.15) is 13.2 Å². The highest BCUT2D eigenvalue weighted by Crippen LogP contribution is 2.39. The van der Waals surface area contributed by atoms with Crippen molar-refractivity contribution in [2.24, 2.45) is 0 Å². The first-order valence-electron chi connectivity index (χ1n) is 6.76. The van der Waals surface area contributed by atoms with Crippen LogP contribution in [0.1, 0.15) is 18.0 Å². The summed E-state index contributed by atoms with van der Waals surface area (Å²) in [7, 11) is 1.33. The van der Waals surface area contributed by atoms with Crippen LogP contribution in [0.2, 0.25) is 0 Å². The number of hydrogen-bond donors (Lipinski definition) is 1. The first-order chi connectivity index (χ1) is 9.92. The van der Waals surface area contributed by atoms with Crippen LogP contribution in [-0.2, 0) is 0 Å². The molecule has 1 aliphatic rings. The molecule has 1 aliphatic heterocycles. The predicted molar refractivity (Wildman–Crippen MR) is 85.3 cm³/mol. The van der Waals surface area contributed by atoms with Gasteiger partial charge in [0.25, 0.3) is 0 Å². The van der Waals surface area contributed by atoms with Gasteiger partial charge in [-0.05, 0) is 12.1 Å². The monoisotopic (exact) mass is 378 g/mol. The van der Waals surface area contributed by atoms with E-state index in [0.29, 0.717) is 26.2 Å². The Morgan fingerprint density at radius 2 is 1.83 bits per heavy atom. The van der Waals surface area contributed by atoms with Crippen LogP contribution in [0.15, 0.2) is 18.2 Å². The molecule has 0 radical (unpaired) electrons. The molecule has 1 N–H and O–H groups in total. The highest BCUT2D eigenvalue weighted by molar-refractivity contribution is 5.85. The van der Waals surface area contributed by atoms with Crippen LogP contribution >= 0.6 is 24.8 Å². The zero-order chi connectivity index (χ0) is 15.5. The molecule has 1 atom stereocenters. The summed E-state index contributed by atoms with van der Waals surface area (Å²) in [6.45, 7) is 2.06. The normalized spacial score (nSPS) is 16.9. The molecular weight excluding hydrogens is 359 g/mol. The summed E-state index contributed by atoms with van der Waals surface area (Å²) >= 11 is 0. The number of methoxy groups -OCH3 is 1. The maximum absolute atomic E-state index is 14.1. The summed E-state index contributed by atoms with van der Waals surface area (Å²) in [6, 6.07) is 3.02. The summed E-state index contributed by atoms with van der Waals surface area (Å²) < 4.78 is 57.9. The smallest absolute Gasteiger partial charge is 0.390 e. The van der Waals surface area contributed by atoms with Gasteiger partial charge in [-0.15, -0.1) is 24.8 Å². The average Bonchev–Trinajstić information content (AvgIpc) is 2.45. The Bertz CT molecular complexity index is 482. The Hall–Kier alpha value is -0.760. The molecule has 0 amide bonds. The third-order valence-electron chi connectivity index (χ3n) is 3.58. The van der Waals surface area contributed by atoms with Crippen LogP contribution in [-0.4, -0.2) is 44.4 Å². The first-order valence-corrected chi connectivity index (χ1v) is 6.76. The van der Waals surface area contributed by atoms with Crippen LogP contribution in [0, 0.1) is 5.82 Å². The SMILES string of the molecule is COc1cccc(F)c1[C@H](CC(F)(F)F)N1CCNCC1.Cl.Cl. The molecule has 0 unspecified atom stereocenters. The van der Waals surface area contributed by atoms with E-state index in [0.717, 1.165) is 0 Å². The minimum absolute atomic E-state index is 0. The second-order valence-electron chi connectivity index (χ2n) is 4.98. The zero-order valence-electron chi connectivity index (χ0n) is 12.5. The Morgan fingerprint density at radius 1 is 1.22 bits per heavy atom. The first kappa shape index (κ1) is 22.2. The van der Waals surface area contributed by atoms with Crippen molar-refractivity contribution in [3.63, 3.8) is 0 Å². The molecule has 2 rings (SSSR count). The number of nitrogens with one attached hydrogen (secondary N) is 1. The minimum atomic E-state index is -4.37. The summed E-state index contributed by atoms with van der Waals surface area (Å²) in [6.07, 6.45) is -5.47. The van der Waals surface area contributed by atoms with Crippen molar-refractivity contribution < 1.29 is 22.3 Å². The highest BCUT2D eigenvalue weighted by Gasteiger charge is 2.38. The van der Waals surface area contributed by atoms with Crippen LogP contribution in [0.4, 0.5) is 17.6 Å². The van der Waals surface area contributed by atoms with Gasteiger partial charge in [0.2, 0.25) is 0 Å². The van der Waals surface area contributed by atoms with Gasteiger partial charge in [0.1, 0.15) is 11.6 Å². The van der Waals surface area contributed by atoms with Crippen molar-refractivity contribution in [2.45, 2.75) is 18.6 Å². The fourth-order valence-corrected chi connectivity index (χ4v) is 2.65.